The van der Waals surface area contributed by atoms with Gasteiger partial charge >= 0.3 is 0 Å². The second-order valence-electron chi connectivity index (χ2n) is 6.01. The van der Waals surface area contributed by atoms with Crippen LogP contribution in [0.25, 0.3) is 0 Å². The van der Waals surface area contributed by atoms with Gasteiger partial charge in [0.05, 0.1) is 32.4 Å². The molecule has 0 aliphatic carbocycles. The first kappa shape index (κ1) is 21.2. The van der Waals surface area contributed by atoms with Gasteiger partial charge in [-0.3, -0.25) is 9.10 Å². The average molecular weight is 405 g/mol. The molecular formula is C19H23N3O5S. The Bertz CT molecular complexity index is 973. The highest BCUT2D eigenvalue weighted by Crippen LogP contribution is 2.23. The Morgan fingerprint density at radius 1 is 1.18 bits per heavy atom. The van der Waals surface area contributed by atoms with Gasteiger partial charge in [0, 0.05) is 11.6 Å². The molecule has 0 spiro atoms. The number of hydrogen-bond acceptors (Lipinski definition) is 6. The minimum atomic E-state index is -3.64. The van der Waals surface area contributed by atoms with Crippen molar-refractivity contribution >= 4 is 27.8 Å². The quantitative estimate of drug-likeness (QED) is 0.535. The molecule has 0 atom stereocenters. The van der Waals surface area contributed by atoms with Crippen molar-refractivity contribution in [2.24, 2.45) is 5.10 Å². The minimum Gasteiger partial charge on any atom is -0.497 e. The highest BCUT2D eigenvalue weighted by Gasteiger charge is 2.20. The van der Waals surface area contributed by atoms with Crippen molar-refractivity contribution in [1.82, 2.24) is 5.43 Å². The largest absolute Gasteiger partial charge is 0.497 e. The van der Waals surface area contributed by atoms with Gasteiger partial charge in [-0.2, -0.15) is 5.10 Å². The summed E-state index contributed by atoms with van der Waals surface area (Å²) >= 11 is 0. The first-order valence-corrected chi connectivity index (χ1v) is 10.2. The number of carbonyl (C=O) groups excluding carboxylic acids is 1. The summed E-state index contributed by atoms with van der Waals surface area (Å²) in [5, 5.41) is 3.89. The molecule has 0 aliphatic rings. The summed E-state index contributed by atoms with van der Waals surface area (Å²) < 4.78 is 35.6. The Kier molecular flexibility index (Phi) is 7.00. The van der Waals surface area contributed by atoms with Crippen LogP contribution in [0.4, 0.5) is 5.69 Å². The zero-order valence-electron chi connectivity index (χ0n) is 16.2. The molecular weight excluding hydrogens is 382 g/mol. The molecule has 28 heavy (non-hydrogen) atoms. The molecule has 8 nitrogen and oxygen atoms in total. The molecule has 9 heteroatoms. The van der Waals surface area contributed by atoms with Gasteiger partial charge in [-0.25, -0.2) is 13.8 Å². The molecule has 0 radical (unpaired) electrons. The zero-order valence-corrected chi connectivity index (χ0v) is 17.0. The molecule has 0 saturated carbocycles. The number of benzene rings is 2. The van der Waals surface area contributed by atoms with Crippen LogP contribution in [0.5, 0.6) is 11.5 Å². The van der Waals surface area contributed by atoms with Gasteiger partial charge < -0.3 is 9.47 Å². The lowest BCUT2D eigenvalue weighted by Crippen LogP contribution is -2.39. The molecule has 0 heterocycles. The van der Waals surface area contributed by atoms with Crippen LogP contribution in [-0.4, -0.2) is 47.6 Å². The molecule has 0 aromatic heterocycles. The van der Waals surface area contributed by atoms with Gasteiger partial charge in [-0.05, 0) is 36.8 Å². The summed E-state index contributed by atoms with van der Waals surface area (Å²) in [6.07, 6.45) is 2.46. The number of ether oxygens (including phenoxy) is 2. The molecule has 0 fully saturated rings. The lowest BCUT2D eigenvalue weighted by atomic mass is 10.2. The predicted octanol–water partition coefficient (Wildman–Crippen LogP) is 1.93. The summed E-state index contributed by atoms with van der Waals surface area (Å²) in [5.74, 6) is 0.575. The first-order valence-electron chi connectivity index (χ1n) is 8.33. The Balaban J connectivity index is 2.10. The lowest BCUT2D eigenvalue weighted by molar-refractivity contribution is -0.119. The summed E-state index contributed by atoms with van der Waals surface area (Å²) in [7, 11) is -0.582. The number of anilines is 1. The minimum absolute atomic E-state index is 0.390. The number of amides is 1. The van der Waals surface area contributed by atoms with Crippen molar-refractivity contribution in [2.75, 3.05) is 31.3 Å². The van der Waals surface area contributed by atoms with E-state index in [4.69, 9.17) is 9.47 Å². The van der Waals surface area contributed by atoms with Crippen molar-refractivity contribution in [1.29, 1.82) is 0 Å². The smallest absolute Gasteiger partial charge is 0.260 e. The van der Waals surface area contributed by atoms with Gasteiger partial charge in [0.25, 0.3) is 5.91 Å². The Labute approximate surface area is 164 Å². The molecule has 1 amide bonds. The van der Waals surface area contributed by atoms with Crippen molar-refractivity contribution in [3.8, 4) is 11.5 Å². The standard InChI is InChI=1S/C19H23N3O5S/c1-14-6-5-7-16(10-14)22(28(4,24)25)13-19(23)21-20-12-15-8-9-17(26-2)11-18(15)27-3/h5-12H,13H2,1-4H3,(H,21,23)/b20-12+. The maximum Gasteiger partial charge on any atom is 0.260 e. The van der Waals surface area contributed by atoms with Crippen LogP contribution in [0.3, 0.4) is 0 Å². The number of aryl methyl sites for hydroxylation is 1. The molecule has 0 bridgehead atoms. The zero-order chi connectivity index (χ0) is 20.7. The van der Waals surface area contributed by atoms with Gasteiger partial charge in [0.1, 0.15) is 18.0 Å². The number of sulfonamides is 1. The van der Waals surface area contributed by atoms with E-state index in [0.29, 0.717) is 22.7 Å². The van der Waals surface area contributed by atoms with E-state index in [1.165, 1.54) is 13.3 Å². The van der Waals surface area contributed by atoms with Crippen molar-refractivity contribution < 1.29 is 22.7 Å². The van der Waals surface area contributed by atoms with E-state index in [9.17, 15) is 13.2 Å². The summed E-state index contributed by atoms with van der Waals surface area (Å²) in [5.41, 5.74) is 4.26. The van der Waals surface area contributed by atoms with E-state index >= 15 is 0 Å². The number of carbonyl (C=O) groups is 1. The number of nitrogens with one attached hydrogen (secondary N) is 1. The first-order chi connectivity index (χ1) is 13.2. The Hall–Kier alpha value is -3.07. The number of methoxy groups -OCH3 is 2. The van der Waals surface area contributed by atoms with Crippen LogP contribution in [0, 0.1) is 6.92 Å². The lowest BCUT2D eigenvalue weighted by Gasteiger charge is -2.21. The molecule has 0 saturated heterocycles. The van der Waals surface area contributed by atoms with Crippen LogP contribution in [-0.2, 0) is 14.8 Å². The van der Waals surface area contributed by atoms with Gasteiger partial charge in [-0.15, -0.1) is 0 Å². The molecule has 0 aliphatic heterocycles. The Morgan fingerprint density at radius 3 is 2.54 bits per heavy atom. The Morgan fingerprint density at radius 2 is 1.93 bits per heavy atom. The summed E-state index contributed by atoms with van der Waals surface area (Å²) in [6, 6.07) is 12.0. The van der Waals surface area contributed by atoms with E-state index < -0.39 is 15.9 Å². The number of hydrazone groups is 1. The van der Waals surface area contributed by atoms with E-state index in [1.807, 2.05) is 13.0 Å². The van der Waals surface area contributed by atoms with Crippen LogP contribution in [0.1, 0.15) is 11.1 Å². The van der Waals surface area contributed by atoms with Gasteiger partial charge in [0.15, 0.2) is 0 Å². The monoisotopic (exact) mass is 405 g/mol. The molecule has 2 aromatic carbocycles. The second-order valence-corrected chi connectivity index (χ2v) is 7.92. The van der Waals surface area contributed by atoms with Crippen LogP contribution < -0.4 is 19.2 Å². The van der Waals surface area contributed by atoms with E-state index in [0.717, 1.165) is 16.1 Å². The number of hydrogen-bond donors (Lipinski definition) is 1. The van der Waals surface area contributed by atoms with Crippen LogP contribution >= 0.6 is 0 Å². The van der Waals surface area contributed by atoms with Crippen molar-refractivity contribution in [3.63, 3.8) is 0 Å². The average Bonchev–Trinajstić information content (AvgIpc) is 2.65. The normalized spacial score (nSPS) is 11.3. The van der Waals surface area contributed by atoms with Gasteiger partial charge in [0.2, 0.25) is 10.0 Å². The number of nitrogens with zero attached hydrogens (tertiary/aromatic N) is 2. The molecule has 2 rings (SSSR count). The summed E-state index contributed by atoms with van der Waals surface area (Å²) in [4.78, 5) is 12.2. The molecule has 150 valence electrons. The fourth-order valence-electron chi connectivity index (χ4n) is 2.45. The molecule has 1 N–H and O–H groups in total. The number of rotatable bonds is 8. The topological polar surface area (TPSA) is 97.3 Å². The maximum atomic E-state index is 12.2. The van der Waals surface area contributed by atoms with E-state index in [2.05, 4.69) is 10.5 Å². The fraction of sp³-hybridized carbons (Fsp3) is 0.263. The third-order valence-corrected chi connectivity index (χ3v) is 4.95. The van der Waals surface area contributed by atoms with E-state index in [1.54, 1.807) is 43.5 Å². The maximum absolute atomic E-state index is 12.2. The summed E-state index contributed by atoms with van der Waals surface area (Å²) in [6.45, 7) is 1.45. The van der Waals surface area contributed by atoms with E-state index in [-0.39, 0.29) is 6.54 Å². The SMILES string of the molecule is COc1ccc(/C=N/NC(=O)CN(c2cccc(C)c2)S(C)(=O)=O)c(OC)c1. The van der Waals surface area contributed by atoms with Crippen LogP contribution in [0.2, 0.25) is 0 Å². The highest BCUT2D eigenvalue weighted by atomic mass is 32.2. The third kappa shape index (κ3) is 5.71. The highest BCUT2D eigenvalue weighted by molar-refractivity contribution is 7.92. The van der Waals surface area contributed by atoms with Crippen molar-refractivity contribution in [2.45, 2.75) is 6.92 Å². The fourth-order valence-corrected chi connectivity index (χ4v) is 3.30. The molecule has 2 aromatic rings. The second kappa shape index (κ2) is 9.23. The predicted molar refractivity (Wildman–Crippen MR) is 109 cm³/mol. The van der Waals surface area contributed by atoms with Crippen molar-refractivity contribution in [3.05, 3.63) is 53.6 Å². The van der Waals surface area contributed by atoms with Crippen LogP contribution in [0.15, 0.2) is 47.6 Å². The molecule has 0 unspecified atom stereocenters. The third-order valence-electron chi connectivity index (χ3n) is 3.81. The van der Waals surface area contributed by atoms with Gasteiger partial charge in [-0.1, -0.05) is 12.1 Å².